The van der Waals surface area contributed by atoms with Gasteiger partial charge in [-0.1, -0.05) is 0 Å². The van der Waals surface area contributed by atoms with Gasteiger partial charge in [0.25, 0.3) is 0 Å². The number of fused-ring (bicyclic) bond motifs is 1. The molecule has 0 aliphatic carbocycles. The first-order chi connectivity index (χ1) is 8.68. The molecule has 0 bridgehead atoms. The summed E-state index contributed by atoms with van der Waals surface area (Å²) in [5, 5.41) is 19.9. The Labute approximate surface area is 102 Å². The number of aromatic amines is 1. The number of aliphatic carboxylic acids is 1. The fraction of sp³-hybridized carbons (Fsp3) is 0.400. The molecular weight excluding hydrogens is 238 g/mol. The Morgan fingerprint density at radius 1 is 1.44 bits per heavy atom. The van der Waals surface area contributed by atoms with Crippen LogP contribution in [0.1, 0.15) is 6.42 Å². The summed E-state index contributed by atoms with van der Waals surface area (Å²) in [7, 11) is 0. The number of aliphatic hydroxyl groups excluding tert-OH is 1. The maximum Gasteiger partial charge on any atom is 0.323 e. The molecule has 2 aromatic rings. The normalized spacial score (nSPS) is 22.5. The summed E-state index contributed by atoms with van der Waals surface area (Å²) in [5.41, 5.74) is 1.59. The molecule has 1 aliphatic rings. The Morgan fingerprint density at radius 2 is 2.28 bits per heavy atom. The molecule has 3 rings (SSSR count). The average molecular weight is 251 g/mol. The third-order valence-corrected chi connectivity index (χ3v) is 2.55. The molecule has 8 heteroatoms. The summed E-state index contributed by atoms with van der Waals surface area (Å²) in [6, 6.07) is -0.745. The molecule has 0 saturated carbocycles. The monoisotopic (exact) mass is 251 g/mol. The molecule has 18 heavy (non-hydrogen) atoms. The van der Waals surface area contributed by atoms with Crippen LogP contribution in [-0.4, -0.2) is 54.8 Å². The van der Waals surface area contributed by atoms with Crippen molar-refractivity contribution in [2.24, 2.45) is 0 Å². The van der Waals surface area contributed by atoms with Gasteiger partial charge in [0.1, 0.15) is 17.9 Å². The van der Waals surface area contributed by atoms with E-state index >= 15 is 0 Å². The molecular formula is C10H13N5O3. The van der Waals surface area contributed by atoms with Crippen LogP contribution in [0.2, 0.25) is 0 Å². The summed E-state index contributed by atoms with van der Waals surface area (Å²) in [5.74, 6) is -0.972. The number of hydrogen-bond acceptors (Lipinski definition) is 6. The lowest BCUT2D eigenvalue weighted by Gasteiger charge is -2.06. The molecule has 2 aromatic heterocycles. The molecule has 0 aromatic carbocycles. The Morgan fingerprint density at radius 3 is 2.83 bits per heavy atom. The van der Waals surface area contributed by atoms with Crippen LogP contribution in [0.25, 0.3) is 11.2 Å². The fourth-order valence-electron chi connectivity index (χ4n) is 1.63. The summed E-state index contributed by atoms with van der Waals surface area (Å²) in [4.78, 5) is 24.7. The van der Waals surface area contributed by atoms with E-state index in [2.05, 4.69) is 25.3 Å². The van der Waals surface area contributed by atoms with Gasteiger partial charge in [0.15, 0.2) is 5.65 Å². The van der Waals surface area contributed by atoms with E-state index < -0.39 is 18.1 Å². The minimum absolute atomic E-state index is 0.539. The molecule has 96 valence electrons. The quantitative estimate of drug-likeness (QED) is 0.520. The van der Waals surface area contributed by atoms with E-state index in [0.29, 0.717) is 18.6 Å². The van der Waals surface area contributed by atoms with Crippen LogP contribution < -0.4 is 5.32 Å². The molecule has 4 N–H and O–H groups in total. The Kier molecular flexibility index (Phi) is 3.80. The number of carboxylic acids is 1. The van der Waals surface area contributed by atoms with Gasteiger partial charge < -0.3 is 20.5 Å². The van der Waals surface area contributed by atoms with Crippen LogP contribution in [0, 0.1) is 0 Å². The largest absolute Gasteiger partial charge is 0.480 e. The summed E-state index contributed by atoms with van der Waals surface area (Å²) < 4.78 is 0. The molecule has 0 spiro atoms. The lowest BCUT2D eigenvalue weighted by atomic mass is 10.2. The highest BCUT2D eigenvalue weighted by Crippen LogP contribution is 2.05. The molecule has 8 nitrogen and oxygen atoms in total. The standard InChI is InChI=1S/C5H4N4.C5H9NO3/c1-4-5(8-2-6-1)9-3-7-4;7-3-1-2-6-4(3)5(8)9/h1-3H,(H,6,7,8,9);3-4,6-7H,1-2H2,(H,8,9)/t;3?,4-/m.0/s1. The molecule has 1 unspecified atom stereocenters. The fourth-order valence-corrected chi connectivity index (χ4v) is 1.63. The summed E-state index contributed by atoms with van der Waals surface area (Å²) in [6.07, 6.45) is 4.59. The molecule has 0 amide bonds. The smallest absolute Gasteiger partial charge is 0.323 e. The van der Waals surface area contributed by atoms with Crippen LogP contribution in [0.5, 0.6) is 0 Å². The lowest BCUT2D eigenvalue weighted by Crippen LogP contribution is -2.38. The highest BCUT2D eigenvalue weighted by molar-refractivity contribution is 5.74. The highest BCUT2D eigenvalue weighted by Gasteiger charge is 2.30. The van der Waals surface area contributed by atoms with E-state index in [1.165, 1.54) is 6.33 Å². The van der Waals surface area contributed by atoms with Crippen molar-refractivity contribution >= 4 is 17.1 Å². The first kappa shape index (κ1) is 12.4. The lowest BCUT2D eigenvalue weighted by molar-refractivity contribution is -0.141. The zero-order valence-electron chi connectivity index (χ0n) is 9.45. The second kappa shape index (κ2) is 5.52. The van der Waals surface area contributed by atoms with Crippen molar-refractivity contribution in [2.45, 2.75) is 18.6 Å². The van der Waals surface area contributed by atoms with Crippen LogP contribution in [0.3, 0.4) is 0 Å². The second-order valence-corrected chi connectivity index (χ2v) is 3.79. The van der Waals surface area contributed by atoms with Gasteiger partial charge in [0.05, 0.1) is 18.6 Å². The topological polar surface area (TPSA) is 124 Å². The number of aromatic nitrogens is 4. The minimum atomic E-state index is -0.972. The van der Waals surface area contributed by atoms with Gasteiger partial charge >= 0.3 is 5.97 Å². The Balaban J connectivity index is 0.000000134. The van der Waals surface area contributed by atoms with Crippen molar-refractivity contribution in [3.63, 3.8) is 0 Å². The zero-order chi connectivity index (χ0) is 13.0. The van der Waals surface area contributed by atoms with E-state index in [9.17, 15) is 4.79 Å². The number of hydrogen-bond donors (Lipinski definition) is 4. The van der Waals surface area contributed by atoms with Crippen molar-refractivity contribution < 1.29 is 15.0 Å². The first-order valence-corrected chi connectivity index (χ1v) is 5.42. The molecule has 1 saturated heterocycles. The van der Waals surface area contributed by atoms with E-state index in [1.54, 1.807) is 12.5 Å². The number of aliphatic hydroxyl groups is 1. The number of nitrogens with zero attached hydrogens (tertiary/aromatic N) is 3. The zero-order valence-corrected chi connectivity index (χ0v) is 9.45. The van der Waals surface area contributed by atoms with Crippen molar-refractivity contribution in [1.29, 1.82) is 0 Å². The maximum absolute atomic E-state index is 10.2. The van der Waals surface area contributed by atoms with Crippen molar-refractivity contribution in [3.05, 3.63) is 18.9 Å². The van der Waals surface area contributed by atoms with E-state index in [1.807, 2.05) is 0 Å². The van der Waals surface area contributed by atoms with Gasteiger partial charge in [0, 0.05) is 0 Å². The van der Waals surface area contributed by atoms with Crippen LogP contribution in [0.4, 0.5) is 0 Å². The molecule has 1 aliphatic heterocycles. The third-order valence-electron chi connectivity index (χ3n) is 2.55. The Bertz CT molecular complexity index is 499. The number of carboxylic acid groups (broad SMARTS) is 1. The molecule has 0 radical (unpaired) electrons. The second-order valence-electron chi connectivity index (χ2n) is 3.79. The highest BCUT2D eigenvalue weighted by atomic mass is 16.4. The van der Waals surface area contributed by atoms with Crippen LogP contribution in [-0.2, 0) is 4.79 Å². The van der Waals surface area contributed by atoms with E-state index in [4.69, 9.17) is 10.2 Å². The van der Waals surface area contributed by atoms with Gasteiger partial charge in [-0.2, -0.15) is 0 Å². The van der Waals surface area contributed by atoms with E-state index in [-0.39, 0.29) is 0 Å². The van der Waals surface area contributed by atoms with Gasteiger partial charge in [-0.15, -0.1) is 0 Å². The predicted molar refractivity (Wildman–Crippen MR) is 61.7 cm³/mol. The van der Waals surface area contributed by atoms with Crippen molar-refractivity contribution in [1.82, 2.24) is 25.3 Å². The van der Waals surface area contributed by atoms with Crippen LogP contribution in [0.15, 0.2) is 18.9 Å². The maximum atomic E-state index is 10.2. The van der Waals surface area contributed by atoms with E-state index in [0.717, 1.165) is 5.52 Å². The molecule has 3 heterocycles. The average Bonchev–Trinajstić information content (AvgIpc) is 2.97. The van der Waals surface area contributed by atoms with Crippen LogP contribution >= 0.6 is 0 Å². The van der Waals surface area contributed by atoms with Gasteiger partial charge in [-0.05, 0) is 13.0 Å². The number of nitrogens with one attached hydrogen (secondary N) is 2. The first-order valence-electron chi connectivity index (χ1n) is 5.42. The van der Waals surface area contributed by atoms with Crippen molar-refractivity contribution in [2.75, 3.05) is 6.54 Å². The predicted octanol–water partition coefficient (Wildman–Crippen LogP) is -0.853. The molecule has 1 fully saturated rings. The Hall–Kier alpha value is -2.06. The number of rotatable bonds is 1. The SMILES string of the molecule is O=C(O)[C@H]1NCCC1O.c1ncc2[nH]cnc2n1. The summed E-state index contributed by atoms with van der Waals surface area (Å²) >= 11 is 0. The molecule has 2 atom stereocenters. The van der Waals surface area contributed by atoms with Gasteiger partial charge in [-0.25, -0.2) is 15.0 Å². The third kappa shape index (κ3) is 2.79. The number of carbonyl (C=O) groups is 1. The number of imidazole rings is 1. The van der Waals surface area contributed by atoms with Gasteiger partial charge in [0.2, 0.25) is 0 Å². The number of H-pyrrole nitrogens is 1. The minimum Gasteiger partial charge on any atom is -0.480 e. The van der Waals surface area contributed by atoms with Gasteiger partial charge in [-0.3, -0.25) is 4.79 Å². The van der Waals surface area contributed by atoms with Crippen molar-refractivity contribution in [3.8, 4) is 0 Å². The summed E-state index contributed by atoms with van der Waals surface area (Å²) in [6.45, 7) is 0.595.